The molecule has 0 radical (unpaired) electrons. The number of ether oxygens (including phenoxy) is 5. The molecule has 0 saturated carbocycles. The number of benzene rings is 3. The normalized spacial score (nSPS) is 12.5. The Morgan fingerprint density at radius 1 is 0.679 bits per heavy atom. The van der Waals surface area contributed by atoms with E-state index in [-0.39, 0.29) is 36.3 Å². The Morgan fingerprint density at radius 3 is 1.75 bits per heavy atom. The quantitative estimate of drug-likeness (QED) is 0.0514. The third kappa shape index (κ3) is 12.8. The molecule has 0 bridgehead atoms. The number of aromatic hydroxyl groups is 2. The molecule has 0 aliphatic carbocycles. The van der Waals surface area contributed by atoms with Gasteiger partial charge in [0.05, 0.1) is 23.2 Å². The van der Waals surface area contributed by atoms with E-state index in [2.05, 4.69) is 5.32 Å². The number of nitrogens with one attached hydrogen (secondary N) is 1. The fourth-order valence-electron chi connectivity index (χ4n) is 4.77. The average Bonchev–Trinajstić information content (AvgIpc) is 3.49. The van der Waals surface area contributed by atoms with E-state index in [1.807, 2.05) is 0 Å². The molecular formula is C38H40N2O13. The van der Waals surface area contributed by atoms with Crippen LogP contribution < -0.4 is 10.2 Å². The number of unbranched alkanes of at least 4 members (excludes halogenated alkanes) is 1. The van der Waals surface area contributed by atoms with E-state index in [1.165, 1.54) is 31.2 Å². The van der Waals surface area contributed by atoms with Crippen molar-refractivity contribution in [2.45, 2.75) is 44.5 Å². The topological polar surface area (TPSA) is 198 Å². The molecule has 4 rings (SSSR count). The van der Waals surface area contributed by atoms with Gasteiger partial charge in [-0.25, -0.2) is 19.2 Å². The molecule has 1 aromatic heterocycles. The van der Waals surface area contributed by atoms with Crippen LogP contribution in [-0.4, -0.2) is 89.6 Å². The number of esters is 3. The molecule has 280 valence electrons. The highest BCUT2D eigenvalue weighted by molar-refractivity contribution is 5.91. The molecule has 3 aromatic carbocycles. The van der Waals surface area contributed by atoms with Crippen molar-refractivity contribution < 1.29 is 62.7 Å². The van der Waals surface area contributed by atoms with Crippen LogP contribution in [0.3, 0.4) is 0 Å². The highest BCUT2D eigenvalue weighted by Crippen LogP contribution is 2.20. The SMILES string of the molecule is CC(=O)NCC(OC(=O)c1ccccc1)C(OC(=O)c1ccccc1)C(COC(=O)c1ccccc1)OCOCCCCC(=O)On1c(O)ccc1O. The lowest BCUT2D eigenvalue weighted by Crippen LogP contribution is -2.51. The molecule has 3 atom stereocenters. The van der Waals surface area contributed by atoms with Crippen molar-refractivity contribution in [3.8, 4) is 11.8 Å². The maximum absolute atomic E-state index is 13.4. The van der Waals surface area contributed by atoms with Gasteiger partial charge >= 0.3 is 23.9 Å². The highest BCUT2D eigenvalue weighted by Gasteiger charge is 2.38. The second-order valence-electron chi connectivity index (χ2n) is 11.4. The lowest BCUT2D eigenvalue weighted by atomic mass is 10.1. The minimum Gasteiger partial charge on any atom is -0.492 e. The first-order valence-electron chi connectivity index (χ1n) is 16.6. The molecule has 0 fully saturated rings. The summed E-state index contributed by atoms with van der Waals surface area (Å²) < 4.78 is 29.5. The Bertz CT molecular complexity index is 1760. The highest BCUT2D eigenvalue weighted by atomic mass is 16.7. The predicted octanol–water partition coefficient (Wildman–Crippen LogP) is 3.83. The Balaban J connectivity index is 1.50. The number of hydrogen-bond donors (Lipinski definition) is 3. The fraction of sp³-hybridized carbons (Fsp3) is 0.289. The number of aromatic nitrogens is 1. The molecule has 0 saturated heterocycles. The molecule has 0 aliphatic rings. The van der Waals surface area contributed by atoms with E-state index < -0.39 is 73.3 Å². The van der Waals surface area contributed by atoms with Crippen molar-refractivity contribution >= 4 is 29.8 Å². The van der Waals surface area contributed by atoms with Gasteiger partial charge in [-0.1, -0.05) is 54.6 Å². The lowest BCUT2D eigenvalue weighted by molar-refractivity contribution is -0.161. The number of amides is 1. The first kappa shape index (κ1) is 39.6. The molecule has 15 nitrogen and oxygen atoms in total. The predicted molar refractivity (Wildman–Crippen MR) is 186 cm³/mol. The Hall–Kier alpha value is -6.19. The van der Waals surface area contributed by atoms with Crippen molar-refractivity contribution in [1.82, 2.24) is 10.0 Å². The molecule has 1 heterocycles. The van der Waals surface area contributed by atoms with Gasteiger partial charge in [-0.3, -0.25) is 4.79 Å². The van der Waals surface area contributed by atoms with Crippen LogP contribution in [0.25, 0.3) is 0 Å². The van der Waals surface area contributed by atoms with Gasteiger partial charge in [-0.2, -0.15) is 0 Å². The molecular weight excluding hydrogens is 692 g/mol. The molecule has 0 spiro atoms. The number of hydrogen-bond acceptors (Lipinski definition) is 13. The van der Waals surface area contributed by atoms with Crippen molar-refractivity contribution in [3.05, 3.63) is 120 Å². The summed E-state index contributed by atoms with van der Waals surface area (Å²) in [5, 5.41) is 21.9. The maximum atomic E-state index is 13.4. The van der Waals surface area contributed by atoms with Crippen LogP contribution in [0.2, 0.25) is 0 Å². The summed E-state index contributed by atoms with van der Waals surface area (Å²) >= 11 is 0. The van der Waals surface area contributed by atoms with Gasteiger partial charge in [-0.05, 0) is 49.2 Å². The number of nitrogens with zero attached hydrogens (tertiary/aromatic N) is 1. The molecule has 15 heteroatoms. The van der Waals surface area contributed by atoms with Crippen LogP contribution in [0.15, 0.2) is 103 Å². The van der Waals surface area contributed by atoms with Gasteiger partial charge in [0.15, 0.2) is 12.2 Å². The first-order valence-corrected chi connectivity index (χ1v) is 16.6. The Morgan fingerprint density at radius 2 is 1.21 bits per heavy atom. The van der Waals surface area contributed by atoms with Crippen molar-refractivity contribution in [3.63, 3.8) is 0 Å². The Labute approximate surface area is 304 Å². The van der Waals surface area contributed by atoms with Gasteiger partial charge in [-0.15, -0.1) is 4.73 Å². The minimum atomic E-state index is -1.45. The maximum Gasteiger partial charge on any atom is 0.338 e. The number of carbonyl (C=O) groups excluding carboxylic acids is 5. The van der Waals surface area contributed by atoms with Crippen molar-refractivity contribution in [2.24, 2.45) is 0 Å². The van der Waals surface area contributed by atoms with Crippen LogP contribution in [0, 0.1) is 0 Å². The molecule has 4 aromatic rings. The van der Waals surface area contributed by atoms with Crippen LogP contribution in [0.4, 0.5) is 0 Å². The zero-order valence-corrected chi connectivity index (χ0v) is 28.8. The van der Waals surface area contributed by atoms with E-state index in [4.69, 9.17) is 28.5 Å². The lowest BCUT2D eigenvalue weighted by Gasteiger charge is -2.32. The summed E-state index contributed by atoms with van der Waals surface area (Å²) in [5.41, 5.74) is 0.601. The number of rotatable bonds is 20. The van der Waals surface area contributed by atoms with E-state index in [0.29, 0.717) is 17.6 Å². The largest absolute Gasteiger partial charge is 0.492 e. The zero-order valence-electron chi connectivity index (χ0n) is 28.8. The summed E-state index contributed by atoms with van der Waals surface area (Å²) in [6.07, 6.45) is -3.48. The van der Waals surface area contributed by atoms with Crippen LogP contribution in [0.5, 0.6) is 11.8 Å². The van der Waals surface area contributed by atoms with Crippen LogP contribution >= 0.6 is 0 Å². The second kappa shape index (κ2) is 20.6. The minimum absolute atomic E-state index is 0.0610. The van der Waals surface area contributed by atoms with Gasteiger partial charge in [0.2, 0.25) is 17.7 Å². The zero-order chi connectivity index (χ0) is 38.0. The first-order chi connectivity index (χ1) is 25.6. The smallest absolute Gasteiger partial charge is 0.338 e. The summed E-state index contributed by atoms with van der Waals surface area (Å²) in [4.78, 5) is 68.8. The molecule has 3 unspecified atom stereocenters. The van der Waals surface area contributed by atoms with Gasteiger partial charge in [0.1, 0.15) is 19.5 Å². The van der Waals surface area contributed by atoms with Gasteiger partial charge in [0.25, 0.3) is 0 Å². The van der Waals surface area contributed by atoms with E-state index in [0.717, 1.165) is 12.1 Å². The molecule has 53 heavy (non-hydrogen) atoms. The summed E-state index contributed by atoms with van der Waals surface area (Å²) in [6.45, 7) is 0.147. The number of carbonyl (C=O) groups is 5. The summed E-state index contributed by atoms with van der Waals surface area (Å²) in [7, 11) is 0. The summed E-state index contributed by atoms with van der Waals surface area (Å²) in [5.74, 6) is -4.34. The summed E-state index contributed by atoms with van der Waals surface area (Å²) in [6, 6.07) is 26.5. The molecule has 3 N–H and O–H groups in total. The standard InChI is InChI=1S/C38H40N2O13/c1-26(41)39-23-30(51-37(46)28-15-7-3-8-16-28)35(52-38(47)29-17-9-4-10-18-29)31(24-49-36(45)27-13-5-2-6-14-27)50-25-48-22-12-11-19-34(44)53-40-32(42)20-21-33(40)43/h2-10,13-18,20-21,30-31,35,42-43H,11-12,19,22-25H2,1H3,(H,39,41). The second-order valence-corrected chi connectivity index (χ2v) is 11.4. The third-order valence-corrected chi connectivity index (χ3v) is 7.47. The van der Waals surface area contributed by atoms with Gasteiger partial charge < -0.3 is 44.1 Å². The van der Waals surface area contributed by atoms with Crippen LogP contribution in [-0.2, 0) is 33.3 Å². The monoisotopic (exact) mass is 732 g/mol. The Kier molecular flexibility index (Phi) is 15.4. The molecule has 1 amide bonds. The van der Waals surface area contributed by atoms with Crippen molar-refractivity contribution in [2.75, 3.05) is 26.6 Å². The van der Waals surface area contributed by atoms with Crippen molar-refractivity contribution in [1.29, 1.82) is 0 Å². The fourth-order valence-corrected chi connectivity index (χ4v) is 4.77. The van der Waals surface area contributed by atoms with E-state index in [9.17, 15) is 34.2 Å². The average molecular weight is 733 g/mol. The molecule has 0 aliphatic heterocycles. The van der Waals surface area contributed by atoms with E-state index >= 15 is 0 Å². The van der Waals surface area contributed by atoms with E-state index in [1.54, 1.807) is 66.7 Å². The third-order valence-electron chi connectivity index (χ3n) is 7.47. The van der Waals surface area contributed by atoms with Crippen LogP contribution in [0.1, 0.15) is 57.3 Å². The van der Waals surface area contributed by atoms with Gasteiger partial charge in [0, 0.05) is 32.1 Å².